The van der Waals surface area contributed by atoms with E-state index in [1.54, 1.807) is 19.1 Å². The van der Waals surface area contributed by atoms with E-state index in [1.807, 2.05) is 42.5 Å². The lowest BCUT2D eigenvalue weighted by molar-refractivity contribution is -0.921. The van der Waals surface area contributed by atoms with Gasteiger partial charge in [0.2, 0.25) is 0 Å². The second-order valence-electron chi connectivity index (χ2n) is 8.04. The third-order valence-corrected chi connectivity index (χ3v) is 5.59. The van der Waals surface area contributed by atoms with Crippen molar-refractivity contribution in [2.45, 2.75) is 45.4 Å². The van der Waals surface area contributed by atoms with Crippen molar-refractivity contribution in [2.24, 2.45) is 0 Å². The van der Waals surface area contributed by atoms with Crippen molar-refractivity contribution in [1.82, 2.24) is 5.32 Å². The molecule has 1 heterocycles. The minimum absolute atomic E-state index is 0.0955. The molecule has 0 bridgehead atoms. The molecule has 1 amide bonds. The Morgan fingerprint density at radius 2 is 1.74 bits per heavy atom. The standard InChI is InChI=1S/C25H32N2O4/c1-3-7-23(21-8-5-4-6-9-21)26-24(28)19(2)31-25(29)22-12-10-20(11-13-22)18-27-14-16-30-17-15-27/h4-6,8-13,19,23H,3,7,14-18H2,1-2H3,(H,26,28)/p+1/t19-,23-/m1/s1. The number of nitrogens with one attached hydrogen (secondary N) is 2. The van der Waals surface area contributed by atoms with Gasteiger partial charge in [-0.2, -0.15) is 0 Å². The second kappa shape index (κ2) is 11.6. The lowest BCUT2D eigenvalue weighted by Crippen LogP contribution is -3.12. The van der Waals surface area contributed by atoms with Gasteiger partial charge in [-0.3, -0.25) is 4.79 Å². The summed E-state index contributed by atoms with van der Waals surface area (Å²) in [5.41, 5.74) is 2.67. The zero-order valence-electron chi connectivity index (χ0n) is 18.4. The summed E-state index contributed by atoms with van der Waals surface area (Å²) in [4.78, 5) is 26.6. The van der Waals surface area contributed by atoms with E-state index in [2.05, 4.69) is 12.2 Å². The second-order valence-corrected chi connectivity index (χ2v) is 8.04. The van der Waals surface area contributed by atoms with Gasteiger partial charge in [0.05, 0.1) is 24.8 Å². The number of esters is 1. The summed E-state index contributed by atoms with van der Waals surface area (Å²) in [6.45, 7) is 8.19. The van der Waals surface area contributed by atoms with Crippen LogP contribution >= 0.6 is 0 Å². The summed E-state index contributed by atoms with van der Waals surface area (Å²) in [5.74, 6) is -0.775. The van der Waals surface area contributed by atoms with Crippen molar-refractivity contribution in [1.29, 1.82) is 0 Å². The van der Waals surface area contributed by atoms with Gasteiger partial charge in [-0.05, 0) is 31.0 Å². The molecule has 2 N–H and O–H groups in total. The molecule has 0 saturated carbocycles. The largest absolute Gasteiger partial charge is 0.449 e. The summed E-state index contributed by atoms with van der Waals surface area (Å²) in [5, 5.41) is 3.02. The highest BCUT2D eigenvalue weighted by atomic mass is 16.5. The molecule has 2 atom stereocenters. The molecule has 6 heteroatoms. The van der Waals surface area contributed by atoms with Crippen LogP contribution in [0.15, 0.2) is 54.6 Å². The third-order valence-electron chi connectivity index (χ3n) is 5.59. The van der Waals surface area contributed by atoms with E-state index in [0.717, 1.165) is 51.3 Å². The molecule has 0 aliphatic carbocycles. The molecule has 1 saturated heterocycles. The molecule has 0 radical (unpaired) electrons. The fourth-order valence-electron chi connectivity index (χ4n) is 3.75. The average molecular weight is 426 g/mol. The van der Waals surface area contributed by atoms with Crippen molar-refractivity contribution in [2.75, 3.05) is 26.3 Å². The highest BCUT2D eigenvalue weighted by Crippen LogP contribution is 2.18. The van der Waals surface area contributed by atoms with Crippen molar-refractivity contribution >= 4 is 11.9 Å². The Hall–Kier alpha value is -2.70. The van der Waals surface area contributed by atoms with Crippen LogP contribution in [0.3, 0.4) is 0 Å². The fraction of sp³-hybridized carbons (Fsp3) is 0.440. The van der Waals surface area contributed by atoms with E-state index in [4.69, 9.17) is 9.47 Å². The summed E-state index contributed by atoms with van der Waals surface area (Å²) in [6.07, 6.45) is 0.892. The number of hydrogen-bond acceptors (Lipinski definition) is 4. The highest BCUT2D eigenvalue weighted by molar-refractivity contribution is 5.92. The maximum Gasteiger partial charge on any atom is 0.338 e. The van der Waals surface area contributed by atoms with E-state index in [1.165, 1.54) is 10.5 Å². The zero-order valence-corrected chi connectivity index (χ0v) is 18.4. The molecule has 2 aromatic carbocycles. The maximum absolute atomic E-state index is 12.6. The van der Waals surface area contributed by atoms with E-state index >= 15 is 0 Å². The number of carbonyl (C=O) groups excluding carboxylic acids is 2. The molecule has 1 aliphatic heterocycles. The van der Waals surface area contributed by atoms with Gasteiger partial charge in [0.1, 0.15) is 19.6 Å². The number of carbonyl (C=O) groups is 2. The van der Waals surface area contributed by atoms with Crippen LogP contribution in [0.5, 0.6) is 0 Å². The van der Waals surface area contributed by atoms with Crippen molar-refractivity contribution in [3.05, 3.63) is 71.3 Å². The quantitative estimate of drug-likeness (QED) is 0.605. The minimum atomic E-state index is -0.868. The van der Waals surface area contributed by atoms with Crippen LogP contribution in [-0.4, -0.2) is 44.3 Å². The minimum Gasteiger partial charge on any atom is -0.449 e. The first-order chi connectivity index (χ1) is 15.1. The van der Waals surface area contributed by atoms with E-state index < -0.39 is 12.1 Å². The third kappa shape index (κ3) is 6.91. The summed E-state index contributed by atoms with van der Waals surface area (Å²) in [7, 11) is 0. The van der Waals surface area contributed by atoms with Gasteiger partial charge in [-0.25, -0.2) is 4.79 Å². The van der Waals surface area contributed by atoms with Crippen LogP contribution in [-0.2, 0) is 20.8 Å². The summed E-state index contributed by atoms with van der Waals surface area (Å²) >= 11 is 0. The molecular weight excluding hydrogens is 392 g/mol. The predicted molar refractivity (Wildman–Crippen MR) is 119 cm³/mol. The Bertz CT molecular complexity index is 832. The highest BCUT2D eigenvalue weighted by Gasteiger charge is 2.22. The van der Waals surface area contributed by atoms with Crippen LogP contribution in [0.25, 0.3) is 0 Å². The SMILES string of the molecule is CCC[C@@H](NC(=O)[C@@H](C)OC(=O)c1ccc(C[NH+]2CCOCC2)cc1)c1ccccc1. The Labute approximate surface area is 184 Å². The molecule has 166 valence electrons. The van der Waals surface area contributed by atoms with E-state index in [0.29, 0.717) is 5.56 Å². The van der Waals surface area contributed by atoms with Crippen LogP contribution < -0.4 is 10.2 Å². The van der Waals surface area contributed by atoms with Crippen LogP contribution in [0.4, 0.5) is 0 Å². The first-order valence-electron chi connectivity index (χ1n) is 11.1. The van der Waals surface area contributed by atoms with E-state index in [9.17, 15) is 9.59 Å². The van der Waals surface area contributed by atoms with Gasteiger partial charge in [-0.15, -0.1) is 0 Å². The monoisotopic (exact) mass is 425 g/mol. The van der Waals surface area contributed by atoms with Crippen LogP contribution in [0.1, 0.15) is 54.2 Å². The Balaban J connectivity index is 1.53. The molecule has 6 nitrogen and oxygen atoms in total. The van der Waals surface area contributed by atoms with Crippen molar-refractivity contribution < 1.29 is 24.0 Å². The molecule has 0 spiro atoms. The predicted octanol–water partition coefficient (Wildman–Crippen LogP) is 2.30. The average Bonchev–Trinajstić information content (AvgIpc) is 2.80. The molecular formula is C25H33N2O4+. The van der Waals surface area contributed by atoms with Gasteiger partial charge in [0.15, 0.2) is 6.10 Å². The number of ether oxygens (including phenoxy) is 2. The maximum atomic E-state index is 12.6. The van der Waals surface area contributed by atoms with Gasteiger partial charge in [-0.1, -0.05) is 55.8 Å². The van der Waals surface area contributed by atoms with Crippen LogP contribution in [0, 0.1) is 0 Å². The molecule has 0 aromatic heterocycles. The number of hydrogen-bond donors (Lipinski definition) is 2. The number of benzene rings is 2. The number of rotatable bonds is 9. The van der Waals surface area contributed by atoms with Gasteiger partial charge in [0, 0.05) is 5.56 Å². The molecule has 1 fully saturated rings. The van der Waals surface area contributed by atoms with Gasteiger partial charge >= 0.3 is 5.97 Å². The first-order valence-corrected chi connectivity index (χ1v) is 11.1. The zero-order chi connectivity index (χ0) is 22.1. The smallest absolute Gasteiger partial charge is 0.338 e. The lowest BCUT2D eigenvalue weighted by Gasteiger charge is -2.23. The molecule has 1 aliphatic rings. The lowest BCUT2D eigenvalue weighted by atomic mass is 10.0. The Kier molecular flexibility index (Phi) is 8.62. The molecule has 2 aromatic rings. The van der Waals surface area contributed by atoms with E-state index in [-0.39, 0.29) is 11.9 Å². The number of quaternary nitrogens is 1. The molecule has 31 heavy (non-hydrogen) atoms. The normalized spacial score (nSPS) is 16.3. The van der Waals surface area contributed by atoms with Crippen molar-refractivity contribution in [3.8, 4) is 0 Å². The fourth-order valence-corrected chi connectivity index (χ4v) is 3.75. The molecule has 3 rings (SSSR count). The van der Waals surface area contributed by atoms with Crippen LogP contribution in [0.2, 0.25) is 0 Å². The topological polar surface area (TPSA) is 69.1 Å². The summed E-state index contributed by atoms with van der Waals surface area (Å²) < 4.78 is 10.8. The van der Waals surface area contributed by atoms with Gasteiger partial charge < -0.3 is 19.7 Å². The molecule has 0 unspecified atom stereocenters. The summed E-state index contributed by atoms with van der Waals surface area (Å²) in [6, 6.07) is 17.2. The first kappa shape index (κ1) is 23.0. The van der Waals surface area contributed by atoms with Crippen molar-refractivity contribution in [3.63, 3.8) is 0 Å². The Morgan fingerprint density at radius 1 is 1.06 bits per heavy atom. The number of morpholine rings is 1. The number of amides is 1. The van der Waals surface area contributed by atoms with Gasteiger partial charge in [0.25, 0.3) is 5.91 Å². The Morgan fingerprint density at radius 3 is 2.39 bits per heavy atom.